The van der Waals surface area contributed by atoms with Gasteiger partial charge in [0.2, 0.25) is 11.8 Å². The number of carbonyl (C=O) groups is 1. The van der Waals surface area contributed by atoms with Crippen molar-refractivity contribution in [3.05, 3.63) is 23.8 Å². The molecule has 1 amide bonds. The second-order valence-corrected chi connectivity index (χ2v) is 3.86. The quantitative estimate of drug-likeness (QED) is 0.649. The molecule has 0 aromatic heterocycles. The number of nitrogen functional groups attached to an aromatic ring is 1. The molecule has 0 aliphatic heterocycles. The molecule has 0 spiro atoms. The average molecular weight is 322 g/mol. The Hall–Kier alpha value is -2.07. The summed E-state index contributed by atoms with van der Waals surface area (Å²) in [4.78, 5) is 11.1. The summed E-state index contributed by atoms with van der Waals surface area (Å²) in [6.07, 6.45) is -11.9. The molecule has 0 atom stereocenters. The zero-order valence-corrected chi connectivity index (χ0v) is 9.74. The SMILES string of the molecule is Nc1cc(NC(=O)C(C(F)(F)F)C(F)(F)F)c(F)cc1F. The van der Waals surface area contributed by atoms with Gasteiger partial charge < -0.3 is 11.1 Å². The van der Waals surface area contributed by atoms with Gasteiger partial charge in [-0.25, -0.2) is 8.78 Å². The van der Waals surface area contributed by atoms with Gasteiger partial charge >= 0.3 is 12.4 Å². The number of carbonyl (C=O) groups excluding carboxylic acids is 1. The van der Waals surface area contributed by atoms with Gasteiger partial charge in [0.05, 0.1) is 11.4 Å². The minimum absolute atomic E-state index is 0.112. The lowest BCUT2D eigenvalue weighted by molar-refractivity contribution is -0.272. The minimum Gasteiger partial charge on any atom is -0.396 e. The number of rotatable bonds is 2. The van der Waals surface area contributed by atoms with E-state index >= 15 is 0 Å². The van der Waals surface area contributed by atoms with Crippen LogP contribution in [0.15, 0.2) is 12.1 Å². The summed E-state index contributed by atoms with van der Waals surface area (Å²) in [5.74, 6) is -9.76. The number of halogens is 8. The summed E-state index contributed by atoms with van der Waals surface area (Å²) >= 11 is 0. The third-order valence-corrected chi connectivity index (χ3v) is 2.26. The fourth-order valence-corrected chi connectivity index (χ4v) is 1.35. The third kappa shape index (κ3) is 3.95. The third-order valence-electron chi connectivity index (χ3n) is 2.26. The Bertz CT molecular complexity index is 537. The van der Waals surface area contributed by atoms with Crippen molar-refractivity contribution in [2.24, 2.45) is 5.92 Å². The van der Waals surface area contributed by atoms with Gasteiger partial charge in [0.25, 0.3) is 0 Å². The van der Waals surface area contributed by atoms with E-state index in [2.05, 4.69) is 0 Å². The van der Waals surface area contributed by atoms with Crippen LogP contribution in [-0.4, -0.2) is 18.3 Å². The van der Waals surface area contributed by atoms with Crippen LogP contribution in [0.3, 0.4) is 0 Å². The Morgan fingerprint density at radius 1 is 1.00 bits per heavy atom. The van der Waals surface area contributed by atoms with Crippen LogP contribution in [0.5, 0.6) is 0 Å². The minimum atomic E-state index is -5.93. The zero-order chi connectivity index (χ0) is 16.6. The molecular weight excluding hydrogens is 316 g/mol. The summed E-state index contributed by atoms with van der Waals surface area (Å²) in [6, 6.07) is 0.480. The van der Waals surface area contributed by atoms with Crippen LogP contribution in [-0.2, 0) is 4.79 Å². The smallest absolute Gasteiger partial charge is 0.396 e. The van der Waals surface area contributed by atoms with E-state index in [4.69, 9.17) is 5.73 Å². The van der Waals surface area contributed by atoms with E-state index in [1.54, 1.807) is 0 Å². The molecule has 0 saturated carbocycles. The highest BCUT2D eigenvalue weighted by molar-refractivity contribution is 5.94. The van der Waals surface area contributed by atoms with Crippen molar-refractivity contribution in [1.82, 2.24) is 0 Å². The highest BCUT2D eigenvalue weighted by Gasteiger charge is 2.61. The van der Waals surface area contributed by atoms with Crippen molar-refractivity contribution in [2.75, 3.05) is 11.1 Å². The summed E-state index contributed by atoms with van der Waals surface area (Å²) < 4.78 is 99.5. The van der Waals surface area contributed by atoms with Crippen LogP contribution in [0.25, 0.3) is 0 Å². The van der Waals surface area contributed by atoms with Crippen molar-refractivity contribution < 1.29 is 39.9 Å². The van der Waals surface area contributed by atoms with Crippen molar-refractivity contribution >= 4 is 17.3 Å². The van der Waals surface area contributed by atoms with Crippen LogP contribution >= 0.6 is 0 Å². The summed E-state index contributed by atoms with van der Waals surface area (Å²) in [7, 11) is 0. The van der Waals surface area contributed by atoms with Crippen LogP contribution in [0.4, 0.5) is 46.5 Å². The topological polar surface area (TPSA) is 55.1 Å². The van der Waals surface area contributed by atoms with Crippen LogP contribution < -0.4 is 11.1 Å². The first-order valence-electron chi connectivity index (χ1n) is 5.03. The molecule has 1 aromatic rings. The Labute approximate surface area is 111 Å². The van der Waals surface area contributed by atoms with Crippen molar-refractivity contribution in [3.8, 4) is 0 Å². The fraction of sp³-hybridized carbons (Fsp3) is 0.300. The van der Waals surface area contributed by atoms with E-state index in [9.17, 15) is 39.9 Å². The van der Waals surface area contributed by atoms with E-state index in [1.807, 2.05) is 0 Å². The van der Waals surface area contributed by atoms with Crippen molar-refractivity contribution in [1.29, 1.82) is 0 Å². The van der Waals surface area contributed by atoms with Gasteiger partial charge in [-0.1, -0.05) is 0 Å². The summed E-state index contributed by atoms with van der Waals surface area (Å²) in [6.45, 7) is 0. The molecule has 0 heterocycles. The molecule has 21 heavy (non-hydrogen) atoms. The maximum absolute atomic E-state index is 13.2. The average Bonchev–Trinajstić information content (AvgIpc) is 2.21. The molecular formula is C10H6F8N2O. The van der Waals surface area contributed by atoms with Crippen LogP contribution in [0.1, 0.15) is 0 Å². The van der Waals surface area contributed by atoms with Gasteiger partial charge in [-0.05, 0) is 6.07 Å². The number of hydrogen-bond donors (Lipinski definition) is 2. The Morgan fingerprint density at radius 2 is 1.48 bits per heavy atom. The molecule has 0 aliphatic carbocycles. The second-order valence-electron chi connectivity index (χ2n) is 3.86. The predicted molar refractivity (Wildman–Crippen MR) is 55.0 cm³/mol. The number of nitrogens with two attached hydrogens (primary N) is 1. The largest absolute Gasteiger partial charge is 0.409 e. The molecule has 0 bridgehead atoms. The van der Waals surface area contributed by atoms with Gasteiger partial charge in [0, 0.05) is 6.07 Å². The molecule has 0 fully saturated rings. The molecule has 0 saturated heterocycles. The lowest BCUT2D eigenvalue weighted by Gasteiger charge is -2.22. The molecule has 0 radical (unpaired) electrons. The molecule has 0 unspecified atom stereocenters. The number of alkyl halides is 6. The van der Waals surface area contributed by atoms with Gasteiger partial charge in [-0.3, -0.25) is 4.79 Å². The Kier molecular flexibility index (Phi) is 4.34. The van der Waals surface area contributed by atoms with E-state index in [-0.39, 0.29) is 6.07 Å². The second kappa shape index (κ2) is 5.37. The van der Waals surface area contributed by atoms with Crippen molar-refractivity contribution in [3.63, 3.8) is 0 Å². The van der Waals surface area contributed by atoms with Crippen LogP contribution in [0, 0.1) is 17.6 Å². The van der Waals surface area contributed by atoms with E-state index in [0.29, 0.717) is 6.07 Å². The van der Waals surface area contributed by atoms with Gasteiger partial charge in [-0.15, -0.1) is 0 Å². The zero-order valence-electron chi connectivity index (χ0n) is 9.74. The number of hydrogen-bond acceptors (Lipinski definition) is 2. The van der Waals surface area contributed by atoms with E-state index < -0.39 is 47.2 Å². The highest BCUT2D eigenvalue weighted by Crippen LogP contribution is 2.40. The highest BCUT2D eigenvalue weighted by atomic mass is 19.4. The molecule has 3 N–H and O–H groups in total. The molecule has 1 rings (SSSR count). The maximum atomic E-state index is 13.2. The van der Waals surface area contributed by atoms with Crippen LogP contribution in [0.2, 0.25) is 0 Å². The first-order valence-corrected chi connectivity index (χ1v) is 5.03. The molecule has 11 heteroatoms. The molecule has 0 aliphatic rings. The Morgan fingerprint density at radius 3 is 1.90 bits per heavy atom. The number of anilines is 2. The predicted octanol–water partition coefficient (Wildman–Crippen LogP) is 3.23. The van der Waals surface area contributed by atoms with Crippen molar-refractivity contribution in [2.45, 2.75) is 12.4 Å². The van der Waals surface area contributed by atoms with Gasteiger partial charge in [0.15, 0.2) is 0 Å². The molecule has 118 valence electrons. The normalized spacial score (nSPS) is 12.6. The number of nitrogens with one attached hydrogen (secondary N) is 1. The summed E-state index contributed by atoms with van der Waals surface area (Å²) in [5, 5.41) is 1.09. The lowest BCUT2D eigenvalue weighted by Crippen LogP contribution is -2.45. The maximum Gasteiger partial charge on any atom is 0.409 e. The monoisotopic (exact) mass is 322 g/mol. The van der Waals surface area contributed by atoms with Gasteiger partial charge in [-0.2, -0.15) is 26.3 Å². The first kappa shape index (κ1) is 17.0. The number of benzene rings is 1. The van der Waals surface area contributed by atoms with E-state index in [1.165, 1.54) is 0 Å². The number of amides is 1. The van der Waals surface area contributed by atoms with Gasteiger partial charge in [0.1, 0.15) is 11.6 Å². The molecule has 3 nitrogen and oxygen atoms in total. The fourth-order valence-electron chi connectivity index (χ4n) is 1.35. The van der Waals surface area contributed by atoms with E-state index in [0.717, 1.165) is 5.32 Å². The first-order chi connectivity index (χ1) is 9.34. The Balaban J connectivity index is 3.12. The lowest BCUT2D eigenvalue weighted by atomic mass is 10.1. The molecule has 1 aromatic carbocycles. The standard InChI is InChI=1S/C10H6F8N2O/c11-3-1-4(12)6(2-5(3)19)20-8(21)7(9(13,14)15)10(16,17)18/h1-2,7H,19H2,(H,20,21). The summed E-state index contributed by atoms with van der Waals surface area (Å²) in [5.41, 5.74) is 3.11.